The van der Waals surface area contributed by atoms with E-state index < -0.39 is 0 Å². The number of carbonyl (C=O) groups excluding carboxylic acids is 1. The molecule has 0 spiro atoms. The average molecular weight is 301 g/mol. The molecule has 0 radical (unpaired) electrons. The topological polar surface area (TPSA) is 45.2 Å². The lowest BCUT2D eigenvalue weighted by molar-refractivity contribution is -0.117. The minimum absolute atomic E-state index is 0.163. The Hall–Kier alpha value is -2.88. The predicted octanol–water partition coefficient (Wildman–Crippen LogP) is 3.22. The van der Waals surface area contributed by atoms with Crippen LogP contribution in [0, 0.1) is 0 Å². The molecule has 23 heavy (non-hydrogen) atoms. The van der Waals surface area contributed by atoms with Gasteiger partial charge in [-0.25, -0.2) is 0 Å². The fraction of sp³-hybridized carbons (Fsp3) is 0.158. The molecule has 1 amide bonds. The summed E-state index contributed by atoms with van der Waals surface area (Å²) in [6, 6.07) is 12.7. The average Bonchev–Trinajstić information content (AvgIpc) is 3.03. The first kappa shape index (κ1) is 12.6. The van der Waals surface area contributed by atoms with Crippen LogP contribution < -0.4 is 10.2 Å². The zero-order chi connectivity index (χ0) is 15.4. The molecule has 0 fully saturated rings. The molecule has 0 aliphatic carbocycles. The predicted molar refractivity (Wildman–Crippen MR) is 91.7 cm³/mol. The van der Waals surface area contributed by atoms with E-state index in [1.807, 2.05) is 23.4 Å². The largest absolute Gasteiger partial charge is 0.374 e. The van der Waals surface area contributed by atoms with Crippen LogP contribution in [0.3, 0.4) is 0 Å². The molecular formula is C19H15N3O. The van der Waals surface area contributed by atoms with E-state index in [0.29, 0.717) is 6.54 Å². The Morgan fingerprint density at radius 1 is 1.13 bits per heavy atom. The number of benzene rings is 2. The van der Waals surface area contributed by atoms with E-state index in [1.54, 1.807) is 0 Å². The quantitative estimate of drug-likeness (QED) is 0.750. The van der Waals surface area contributed by atoms with Gasteiger partial charge in [0.25, 0.3) is 0 Å². The monoisotopic (exact) mass is 301 g/mol. The Kier molecular flexibility index (Phi) is 2.50. The first-order chi connectivity index (χ1) is 11.3. The molecule has 1 aromatic heterocycles. The van der Waals surface area contributed by atoms with E-state index in [2.05, 4.69) is 40.6 Å². The minimum Gasteiger partial charge on any atom is -0.374 e. The van der Waals surface area contributed by atoms with Gasteiger partial charge < -0.3 is 10.2 Å². The van der Waals surface area contributed by atoms with Crippen molar-refractivity contribution in [1.29, 1.82) is 0 Å². The molecule has 0 saturated carbocycles. The molecule has 4 nitrogen and oxygen atoms in total. The lowest BCUT2D eigenvalue weighted by Gasteiger charge is -2.27. The number of fused-ring (bicyclic) bond motifs is 1. The van der Waals surface area contributed by atoms with Gasteiger partial charge in [0.05, 0.1) is 17.9 Å². The second kappa shape index (κ2) is 4.56. The van der Waals surface area contributed by atoms with Gasteiger partial charge in [0.1, 0.15) is 0 Å². The van der Waals surface area contributed by atoms with Crippen LogP contribution in [0.5, 0.6) is 0 Å². The van der Waals surface area contributed by atoms with E-state index in [4.69, 9.17) is 0 Å². The summed E-state index contributed by atoms with van der Waals surface area (Å²) < 4.78 is 0. The summed E-state index contributed by atoms with van der Waals surface area (Å²) in [5.41, 5.74) is 5.66. The first-order valence-electron chi connectivity index (χ1n) is 7.85. The number of nitrogens with one attached hydrogen (secondary N) is 1. The van der Waals surface area contributed by atoms with Crippen molar-refractivity contribution < 1.29 is 4.79 Å². The highest BCUT2D eigenvalue weighted by Crippen LogP contribution is 2.42. The van der Waals surface area contributed by atoms with Crippen molar-refractivity contribution in [3.8, 4) is 11.1 Å². The molecule has 5 rings (SSSR count). The zero-order valence-electron chi connectivity index (χ0n) is 12.5. The summed E-state index contributed by atoms with van der Waals surface area (Å²) in [6.07, 6.45) is 4.74. The maximum atomic E-state index is 12.0. The molecule has 4 heteroatoms. The Labute approximate surface area is 133 Å². The van der Waals surface area contributed by atoms with Gasteiger partial charge >= 0.3 is 0 Å². The molecule has 112 valence electrons. The maximum absolute atomic E-state index is 12.0. The van der Waals surface area contributed by atoms with Gasteiger partial charge in [-0.1, -0.05) is 24.3 Å². The van der Waals surface area contributed by atoms with Gasteiger partial charge in [0.2, 0.25) is 5.91 Å². The van der Waals surface area contributed by atoms with E-state index in [9.17, 15) is 4.79 Å². The van der Waals surface area contributed by atoms with Gasteiger partial charge in [0.15, 0.2) is 0 Å². The standard InChI is InChI=1S/C19H15N3O/c23-18-11-21-17-8-14(7-12-5-6-22(18)19(12)17)16-10-20-9-13-3-1-2-4-15(13)16/h1-4,7-10,21H,5-6,11H2. The Bertz CT molecular complexity index is 959. The Morgan fingerprint density at radius 2 is 2.04 bits per heavy atom. The van der Waals surface area contributed by atoms with Crippen molar-refractivity contribution in [2.75, 3.05) is 23.3 Å². The smallest absolute Gasteiger partial charge is 0.246 e. The van der Waals surface area contributed by atoms with Crippen LogP contribution in [0.25, 0.3) is 21.9 Å². The Morgan fingerprint density at radius 3 is 3.00 bits per heavy atom. The molecule has 2 aliphatic heterocycles. The summed E-state index contributed by atoms with van der Waals surface area (Å²) >= 11 is 0. The van der Waals surface area contributed by atoms with Crippen molar-refractivity contribution in [1.82, 2.24) is 4.98 Å². The molecule has 0 bridgehead atoms. The fourth-order valence-corrected chi connectivity index (χ4v) is 3.70. The normalized spacial score (nSPS) is 15.7. The van der Waals surface area contributed by atoms with Crippen LogP contribution in [0.1, 0.15) is 5.56 Å². The van der Waals surface area contributed by atoms with Crippen molar-refractivity contribution in [3.63, 3.8) is 0 Å². The number of hydrogen-bond donors (Lipinski definition) is 1. The second-order valence-electron chi connectivity index (χ2n) is 6.09. The molecule has 3 heterocycles. The molecule has 3 aromatic rings. The third-order valence-corrected chi connectivity index (χ3v) is 4.77. The number of carbonyl (C=O) groups is 1. The van der Waals surface area contributed by atoms with Crippen LogP contribution in [-0.2, 0) is 11.2 Å². The fourth-order valence-electron chi connectivity index (χ4n) is 3.70. The van der Waals surface area contributed by atoms with E-state index in [0.717, 1.165) is 40.9 Å². The van der Waals surface area contributed by atoms with Crippen molar-refractivity contribution in [3.05, 3.63) is 54.4 Å². The molecule has 0 saturated heterocycles. The van der Waals surface area contributed by atoms with Crippen LogP contribution in [0.4, 0.5) is 11.4 Å². The van der Waals surface area contributed by atoms with Crippen molar-refractivity contribution in [2.24, 2.45) is 0 Å². The number of anilines is 2. The molecule has 0 atom stereocenters. The maximum Gasteiger partial charge on any atom is 0.246 e. The second-order valence-corrected chi connectivity index (χ2v) is 6.09. The summed E-state index contributed by atoms with van der Waals surface area (Å²) in [6.45, 7) is 1.17. The van der Waals surface area contributed by atoms with E-state index >= 15 is 0 Å². The van der Waals surface area contributed by atoms with Crippen molar-refractivity contribution in [2.45, 2.75) is 6.42 Å². The summed E-state index contributed by atoms with van der Waals surface area (Å²) in [5.74, 6) is 0.163. The van der Waals surface area contributed by atoms with Gasteiger partial charge in [-0.3, -0.25) is 9.78 Å². The minimum atomic E-state index is 0.163. The van der Waals surface area contributed by atoms with Gasteiger partial charge in [0, 0.05) is 29.9 Å². The lowest BCUT2D eigenvalue weighted by atomic mass is 9.97. The molecule has 1 N–H and O–H groups in total. The number of pyridine rings is 1. The first-order valence-corrected chi connectivity index (χ1v) is 7.85. The van der Waals surface area contributed by atoms with Crippen LogP contribution in [-0.4, -0.2) is 24.0 Å². The summed E-state index contributed by atoms with van der Waals surface area (Å²) in [7, 11) is 0. The number of rotatable bonds is 1. The summed E-state index contributed by atoms with van der Waals surface area (Å²) in [5, 5.41) is 5.62. The lowest BCUT2D eigenvalue weighted by Crippen LogP contribution is -2.38. The molecule has 2 aromatic carbocycles. The Balaban J connectivity index is 1.75. The number of amides is 1. The van der Waals surface area contributed by atoms with Gasteiger partial charge in [-0.05, 0) is 35.1 Å². The SMILES string of the molecule is O=C1CNc2cc(-c3cncc4ccccc34)cc3c2N1CC3. The highest BCUT2D eigenvalue weighted by Gasteiger charge is 2.31. The molecule has 0 unspecified atom stereocenters. The van der Waals surface area contributed by atoms with Gasteiger partial charge in [-0.2, -0.15) is 0 Å². The third-order valence-electron chi connectivity index (χ3n) is 4.77. The van der Waals surface area contributed by atoms with Crippen LogP contribution >= 0.6 is 0 Å². The van der Waals surface area contributed by atoms with Crippen molar-refractivity contribution >= 4 is 28.1 Å². The molecular weight excluding hydrogens is 286 g/mol. The van der Waals surface area contributed by atoms with E-state index in [-0.39, 0.29) is 5.91 Å². The number of aromatic nitrogens is 1. The third kappa shape index (κ3) is 1.78. The van der Waals surface area contributed by atoms with Crippen LogP contribution in [0.15, 0.2) is 48.8 Å². The highest BCUT2D eigenvalue weighted by molar-refractivity contribution is 6.06. The number of hydrogen-bond acceptors (Lipinski definition) is 3. The number of nitrogens with zero attached hydrogens (tertiary/aromatic N) is 2. The highest BCUT2D eigenvalue weighted by atomic mass is 16.2. The zero-order valence-corrected chi connectivity index (χ0v) is 12.5. The van der Waals surface area contributed by atoms with Gasteiger partial charge in [-0.15, -0.1) is 0 Å². The molecule has 2 aliphatic rings. The summed E-state index contributed by atoms with van der Waals surface area (Å²) in [4.78, 5) is 18.3. The van der Waals surface area contributed by atoms with Crippen LogP contribution in [0.2, 0.25) is 0 Å². The van der Waals surface area contributed by atoms with E-state index in [1.165, 1.54) is 10.9 Å².